The maximum Gasteiger partial charge on any atom is 0.319 e. The van der Waals surface area contributed by atoms with E-state index in [-0.39, 0.29) is 23.3 Å². The highest BCUT2D eigenvalue weighted by atomic mass is 19.1. The summed E-state index contributed by atoms with van der Waals surface area (Å²) in [5, 5.41) is 5.69. The van der Waals surface area contributed by atoms with Crippen molar-refractivity contribution in [3.05, 3.63) is 29.6 Å². The molecule has 0 bridgehead atoms. The summed E-state index contributed by atoms with van der Waals surface area (Å²) in [7, 11) is 0. The van der Waals surface area contributed by atoms with Crippen LogP contribution in [0.15, 0.2) is 18.2 Å². The van der Waals surface area contributed by atoms with E-state index in [2.05, 4.69) is 10.6 Å². The van der Waals surface area contributed by atoms with E-state index in [0.717, 1.165) is 32.5 Å². The van der Waals surface area contributed by atoms with Gasteiger partial charge in [0, 0.05) is 24.9 Å². The SMILES string of the molecule is CCc1ccc(NC(=O)N[C@H]2CC23CCOCC3)cc1F. The van der Waals surface area contributed by atoms with Crippen LogP contribution >= 0.6 is 0 Å². The lowest BCUT2D eigenvalue weighted by molar-refractivity contribution is 0.0548. The van der Waals surface area contributed by atoms with Crippen LogP contribution in [0.3, 0.4) is 0 Å². The average molecular weight is 292 g/mol. The van der Waals surface area contributed by atoms with Gasteiger partial charge in [0.05, 0.1) is 0 Å². The molecule has 1 atom stereocenters. The predicted octanol–water partition coefficient (Wildman–Crippen LogP) is 3.08. The summed E-state index contributed by atoms with van der Waals surface area (Å²) in [5.74, 6) is -0.275. The van der Waals surface area contributed by atoms with Crippen molar-refractivity contribution in [3.63, 3.8) is 0 Å². The average Bonchev–Trinajstić information content (AvgIpc) is 3.10. The minimum Gasteiger partial charge on any atom is -0.381 e. The van der Waals surface area contributed by atoms with Crippen LogP contribution in [-0.4, -0.2) is 25.3 Å². The van der Waals surface area contributed by atoms with Gasteiger partial charge in [-0.05, 0) is 48.8 Å². The molecule has 1 spiro atoms. The van der Waals surface area contributed by atoms with Crippen molar-refractivity contribution in [1.29, 1.82) is 0 Å². The number of hydrogen-bond donors (Lipinski definition) is 2. The van der Waals surface area contributed by atoms with Gasteiger partial charge in [-0.2, -0.15) is 0 Å². The summed E-state index contributed by atoms with van der Waals surface area (Å²) >= 11 is 0. The van der Waals surface area contributed by atoms with Crippen LogP contribution in [-0.2, 0) is 11.2 Å². The van der Waals surface area contributed by atoms with Crippen LogP contribution in [0.25, 0.3) is 0 Å². The molecule has 1 heterocycles. The van der Waals surface area contributed by atoms with E-state index in [1.165, 1.54) is 6.07 Å². The Hall–Kier alpha value is -1.62. The summed E-state index contributed by atoms with van der Waals surface area (Å²) < 4.78 is 19.0. The molecule has 1 aliphatic heterocycles. The molecule has 3 rings (SSSR count). The molecule has 2 N–H and O–H groups in total. The van der Waals surface area contributed by atoms with Gasteiger partial charge in [0.15, 0.2) is 0 Å². The van der Waals surface area contributed by atoms with Crippen LogP contribution in [0.5, 0.6) is 0 Å². The first-order valence-electron chi connectivity index (χ1n) is 7.57. The Labute approximate surface area is 124 Å². The molecule has 4 nitrogen and oxygen atoms in total. The van der Waals surface area contributed by atoms with Crippen LogP contribution in [0.2, 0.25) is 0 Å². The first-order valence-corrected chi connectivity index (χ1v) is 7.57. The molecule has 2 fully saturated rings. The van der Waals surface area contributed by atoms with E-state index in [4.69, 9.17) is 4.74 Å². The zero-order valence-electron chi connectivity index (χ0n) is 12.2. The lowest BCUT2D eigenvalue weighted by Crippen LogP contribution is -2.35. The van der Waals surface area contributed by atoms with Crippen molar-refractivity contribution in [3.8, 4) is 0 Å². The zero-order chi connectivity index (χ0) is 14.9. The smallest absolute Gasteiger partial charge is 0.319 e. The number of carbonyl (C=O) groups is 1. The van der Waals surface area contributed by atoms with Crippen molar-refractivity contribution in [2.24, 2.45) is 5.41 Å². The number of amides is 2. The predicted molar refractivity (Wildman–Crippen MR) is 78.8 cm³/mol. The Kier molecular flexibility index (Phi) is 3.85. The molecule has 114 valence electrons. The molecule has 2 amide bonds. The highest BCUT2D eigenvalue weighted by Crippen LogP contribution is 2.53. The maximum atomic E-state index is 13.7. The fourth-order valence-corrected chi connectivity index (χ4v) is 3.12. The lowest BCUT2D eigenvalue weighted by Gasteiger charge is -2.22. The van der Waals surface area contributed by atoms with Gasteiger partial charge in [-0.15, -0.1) is 0 Å². The first-order chi connectivity index (χ1) is 10.1. The van der Waals surface area contributed by atoms with Crippen molar-refractivity contribution in [2.75, 3.05) is 18.5 Å². The van der Waals surface area contributed by atoms with E-state index in [1.54, 1.807) is 12.1 Å². The molecule has 1 aromatic rings. The van der Waals surface area contributed by atoms with Crippen LogP contribution in [0.4, 0.5) is 14.9 Å². The molecule has 5 heteroatoms. The monoisotopic (exact) mass is 292 g/mol. The summed E-state index contributed by atoms with van der Waals surface area (Å²) in [4.78, 5) is 12.0. The lowest BCUT2D eigenvalue weighted by atomic mass is 9.96. The number of ether oxygens (including phenoxy) is 1. The van der Waals surface area contributed by atoms with Crippen molar-refractivity contribution < 1.29 is 13.9 Å². The third-order valence-corrected chi connectivity index (χ3v) is 4.68. The minimum absolute atomic E-state index is 0.223. The minimum atomic E-state index is -0.275. The Bertz CT molecular complexity index is 541. The van der Waals surface area contributed by atoms with Crippen molar-refractivity contribution in [1.82, 2.24) is 5.32 Å². The van der Waals surface area contributed by atoms with Gasteiger partial charge < -0.3 is 15.4 Å². The molecule has 0 unspecified atom stereocenters. The van der Waals surface area contributed by atoms with E-state index < -0.39 is 0 Å². The molecule has 1 saturated carbocycles. The summed E-state index contributed by atoms with van der Waals surface area (Å²) in [6.07, 6.45) is 3.69. The number of halogens is 1. The molecule has 0 radical (unpaired) electrons. The molecule has 1 aromatic carbocycles. The first kappa shape index (κ1) is 14.3. The Morgan fingerprint density at radius 3 is 2.86 bits per heavy atom. The largest absolute Gasteiger partial charge is 0.381 e. The summed E-state index contributed by atoms with van der Waals surface area (Å²) in [6.45, 7) is 3.46. The Morgan fingerprint density at radius 1 is 1.43 bits per heavy atom. The fraction of sp³-hybridized carbons (Fsp3) is 0.562. The van der Waals surface area contributed by atoms with E-state index in [0.29, 0.717) is 17.7 Å². The second-order valence-corrected chi connectivity index (χ2v) is 5.99. The molecule has 21 heavy (non-hydrogen) atoms. The van der Waals surface area contributed by atoms with Crippen molar-refractivity contribution >= 4 is 11.7 Å². The van der Waals surface area contributed by atoms with E-state index in [9.17, 15) is 9.18 Å². The maximum absolute atomic E-state index is 13.7. The molecular formula is C16H21FN2O2. The standard InChI is InChI=1S/C16H21FN2O2/c1-2-11-3-4-12(9-13(11)17)18-15(20)19-14-10-16(14)5-7-21-8-6-16/h3-4,9,14H,2,5-8,10H2,1H3,(H2,18,19,20)/t14-/m0/s1. The topological polar surface area (TPSA) is 50.4 Å². The van der Waals surface area contributed by atoms with Gasteiger partial charge in [-0.25, -0.2) is 9.18 Å². The quantitative estimate of drug-likeness (QED) is 0.899. The number of aryl methyl sites for hydroxylation is 1. The van der Waals surface area contributed by atoms with Crippen LogP contribution < -0.4 is 10.6 Å². The normalized spacial score (nSPS) is 22.9. The second-order valence-electron chi connectivity index (χ2n) is 5.99. The molecule has 0 aromatic heterocycles. The molecule has 2 aliphatic rings. The Morgan fingerprint density at radius 2 is 2.19 bits per heavy atom. The van der Waals surface area contributed by atoms with Gasteiger partial charge in [0.2, 0.25) is 0 Å². The summed E-state index contributed by atoms with van der Waals surface area (Å²) in [6, 6.07) is 4.78. The van der Waals surface area contributed by atoms with Gasteiger partial charge in [0.25, 0.3) is 0 Å². The van der Waals surface area contributed by atoms with Crippen molar-refractivity contribution in [2.45, 2.75) is 38.6 Å². The number of benzene rings is 1. The third kappa shape index (κ3) is 3.02. The van der Waals surface area contributed by atoms with E-state index >= 15 is 0 Å². The Balaban J connectivity index is 1.54. The van der Waals surface area contributed by atoms with Gasteiger partial charge in [-0.1, -0.05) is 13.0 Å². The number of rotatable bonds is 3. The highest BCUT2D eigenvalue weighted by molar-refractivity contribution is 5.89. The molecule has 1 aliphatic carbocycles. The van der Waals surface area contributed by atoms with E-state index in [1.807, 2.05) is 6.92 Å². The van der Waals surface area contributed by atoms with Gasteiger partial charge in [0.1, 0.15) is 5.82 Å². The number of anilines is 1. The van der Waals surface area contributed by atoms with Crippen LogP contribution in [0.1, 0.15) is 31.7 Å². The fourth-order valence-electron chi connectivity index (χ4n) is 3.12. The third-order valence-electron chi connectivity index (χ3n) is 4.68. The zero-order valence-corrected chi connectivity index (χ0v) is 12.2. The molecular weight excluding hydrogens is 271 g/mol. The number of urea groups is 1. The summed E-state index contributed by atoms with van der Waals surface area (Å²) in [5.41, 5.74) is 1.39. The van der Waals surface area contributed by atoms with Crippen LogP contribution in [0, 0.1) is 11.2 Å². The number of hydrogen-bond acceptors (Lipinski definition) is 2. The second kappa shape index (κ2) is 5.64. The molecule has 1 saturated heterocycles. The van der Waals surface area contributed by atoms with Gasteiger partial charge >= 0.3 is 6.03 Å². The number of carbonyl (C=O) groups excluding carboxylic acids is 1. The van der Waals surface area contributed by atoms with Gasteiger partial charge in [-0.3, -0.25) is 0 Å². The number of nitrogens with one attached hydrogen (secondary N) is 2. The highest BCUT2D eigenvalue weighted by Gasteiger charge is 2.55.